The summed E-state index contributed by atoms with van der Waals surface area (Å²) < 4.78 is 9.96. The van der Waals surface area contributed by atoms with Crippen LogP contribution in [0.4, 0.5) is 4.79 Å². The summed E-state index contributed by atoms with van der Waals surface area (Å²) in [4.78, 5) is 76.3. The molecule has 0 saturated carbocycles. The Labute approximate surface area is 306 Å². The number of aliphatic hydroxyl groups is 1. The Morgan fingerprint density at radius 3 is 1.75 bits per heavy atom. The summed E-state index contributed by atoms with van der Waals surface area (Å²) in [7, 11) is 1.24. The number of carbonyl (C=O) groups excluding carboxylic acids is 6. The number of ether oxygens (including phenoxy) is 2. The third kappa shape index (κ3) is 15.1. The molecule has 0 heterocycles. The van der Waals surface area contributed by atoms with Crippen LogP contribution in [0.2, 0.25) is 0 Å². The van der Waals surface area contributed by atoms with Crippen molar-refractivity contribution in [2.24, 2.45) is 11.8 Å². The molecule has 0 fully saturated rings. The second-order valence-corrected chi connectivity index (χ2v) is 13.5. The number of hydrogen-bond donors (Lipinski definition) is 6. The zero-order chi connectivity index (χ0) is 38.8. The van der Waals surface area contributed by atoms with Crippen molar-refractivity contribution < 1.29 is 43.3 Å². The third-order valence-electron chi connectivity index (χ3n) is 8.37. The van der Waals surface area contributed by atoms with E-state index in [0.29, 0.717) is 0 Å². The van der Waals surface area contributed by atoms with Crippen LogP contribution in [0.15, 0.2) is 60.7 Å². The van der Waals surface area contributed by atoms with Gasteiger partial charge in [0.15, 0.2) is 0 Å². The fourth-order valence-electron chi connectivity index (χ4n) is 5.19. The molecule has 0 bridgehead atoms. The van der Waals surface area contributed by atoms with Gasteiger partial charge in [-0.25, -0.2) is 9.59 Å². The number of nitrogens with one attached hydrogen (secondary N) is 5. The van der Waals surface area contributed by atoms with E-state index in [1.165, 1.54) is 21.0 Å². The first-order valence-electron chi connectivity index (χ1n) is 17.6. The van der Waals surface area contributed by atoms with E-state index in [4.69, 9.17) is 9.47 Å². The number of hydrogen-bond acceptors (Lipinski definition) is 9. The molecular weight excluding hydrogens is 670 g/mol. The summed E-state index contributed by atoms with van der Waals surface area (Å²) in [5, 5.41) is 24.4. The van der Waals surface area contributed by atoms with Crippen LogP contribution >= 0.6 is 0 Å². The number of alkyl carbamates (subject to hydrolysis) is 1. The minimum Gasteiger partial charge on any atom is -0.467 e. The van der Waals surface area contributed by atoms with E-state index in [-0.39, 0.29) is 44.1 Å². The van der Waals surface area contributed by atoms with Crippen molar-refractivity contribution >= 4 is 35.7 Å². The molecule has 0 aromatic heterocycles. The van der Waals surface area contributed by atoms with Gasteiger partial charge in [0.2, 0.25) is 23.6 Å². The van der Waals surface area contributed by atoms with Gasteiger partial charge in [0.05, 0.1) is 19.3 Å². The summed E-state index contributed by atoms with van der Waals surface area (Å²) in [6, 6.07) is 13.8. The number of benzene rings is 2. The number of esters is 1. The zero-order valence-corrected chi connectivity index (χ0v) is 31.1. The molecule has 0 aliphatic heterocycles. The lowest BCUT2D eigenvalue weighted by atomic mass is 9.96. The Bertz CT molecular complexity index is 1460. The molecular formula is C38H55N5O9. The van der Waals surface area contributed by atoms with E-state index in [1.807, 2.05) is 48.5 Å². The van der Waals surface area contributed by atoms with Crippen LogP contribution in [0.1, 0.15) is 71.9 Å². The summed E-state index contributed by atoms with van der Waals surface area (Å²) in [5.74, 6) is -3.17. The topological polar surface area (TPSA) is 201 Å². The quantitative estimate of drug-likeness (QED) is 0.111. The molecule has 5 amide bonds. The first-order chi connectivity index (χ1) is 24.6. The van der Waals surface area contributed by atoms with Crippen LogP contribution in [0.5, 0.6) is 0 Å². The molecule has 0 aliphatic carbocycles. The van der Waals surface area contributed by atoms with Gasteiger partial charge in [-0.3, -0.25) is 19.2 Å². The van der Waals surface area contributed by atoms with Crippen molar-refractivity contribution in [2.45, 2.75) is 110 Å². The smallest absolute Gasteiger partial charge is 0.408 e. The predicted molar refractivity (Wildman–Crippen MR) is 194 cm³/mol. The lowest BCUT2D eigenvalue weighted by Gasteiger charge is -2.27. The lowest BCUT2D eigenvalue weighted by Crippen LogP contribution is -2.55. The highest BCUT2D eigenvalue weighted by atomic mass is 16.5. The second-order valence-electron chi connectivity index (χ2n) is 13.5. The summed E-state index contributed by atoms with van der Waals surface area (Å²) in [6.07, 6.45) is -1.18. The van der Waals surface area contributed by atoms with Gasteiger partial charge >= 0.3 is 12.1 Å². The van der Waals surface area contributed by atoms with Crippen molar-refractivity contribution in [2.75, 3.05) is 7.11 Å². The van der Waals surface area contributed by atoms with Crippen LogP contribution in [-0.2, 0) is 46.5 Å². The molecule has 0 saturated heterocycles. The first kappa shape index (κ1) is 43.2. The second kappa shape index (κ2) is 22.1. The van der Waals surface area contributed by atoms with Gasteiger partial charge in [0, 0.05) is 6.42 Å². The molecule has 2 aromatic rings. The first-order valence-corrected chi connectivity index (χ1v) is 17.6. The minimum atomic E-state index is -1.06. The Hall–Kier alpha value is -4.98. The predicted octanol–water partition coefficient (Wildman–Crippen LogP) is 2.52. The van der Waals surface area contributed by atoms with Gasteiger partial charge in [-0.2, -0.15) is 0 Å². The molecule has 0 spiro atoms. The molecule has 0 radical (unpaired) electrons. The van der Waals surface area contributed by atoms with Gasteiger partial charge in [-0.05, 0) is 56.1 Å². The Balaban J connectivity index is 1.95. The SMILES string of the molecule is COC(=O)[C@@H](NC(=O)[C@@H](NC(=O)CCC[C@H](O)[C@H](Cc1ccccc1)NC(=O)[C@H](C)NC(=O)[C@H](C)NC(=O)OCc1ccccc1)C(C)C)C(C)C. The van der Waals surface area contributed by atoms with Crippen molar-refractivity contribution in [3.8, 4) is 0 Å². The molecule has 2 aromatic carbocycles. The molecule has 52 heavy (non-hydrogen) atoms. The molecule has 6 atom stereocenters. The maximum atomic E-state index is 13.2. The number of carbonyl (C=O) groups is 6. The molecule has 14 heteroatoms. The van der Waals surface area contributed by atoms with Gasteiger partial charge in [-0.1, -0.05) is 88.4 Å². The highest BCUT2D eigenvalue weighted by Crippen LogP contribution is 2.13. The van der Waals surface area contributed by atoms with Gasteiger partial charge in [0.1, 0.15) is 30.8 Å². The Kier molecular flexibility index (Phi) is 18.3. The van der Waals surface area contributed by atoms with E-state index in [9.17, 15) is 33.9 Å². The normalized spacial score (nSPS) is 14.5. The Morgan fingerprint density at radius 2 is 1.19 bits per heavy atom. The summed E-state index contributed by atoms with van der Waals surface area (Å²) in [5.41, 5.74) is 1.64. The van der Waals surface area contributed by atoms with Crippen molar-refractivity contribution in [1.82, 2.24) is 26.6 Å². The average Bonchev–Trinajstić information content (AvgIpc) is 3.11. The highest BCUT2D eigenvalue weighted by molar-refractivity contribution is 5.92. The molecule has 2 rings (SSSR count). The van der Waals surface area contributed by atoms with Crippen LogP contribution < -0.4 is 26.6 Å². The van der Waals surface area contributed by atoms with Gasteiger partial charge in [0.25, 0.3) is 0 Å². The molecule has 14 nitrogen and oxygen atoms in total. The number of amides is 5. The monoisotopic (exact) mass is 725 g/mol. The van der Waals surface area contributed by atoms with E-state index in [0.717, 1.165) is 11.1 Å². The van der Waals surface area contributed by atoms with E-state index < -0.39 is 72.0 Å². The van der Waals surface area contributed by atoms with E-state index in [1.54, 1.807) is 39.8 Å². The number of rotatable bonds is 20. The van der Waals surface area contributed by atoms with Crippen LogP contribution in [0.3, 0.4) is 0 Å². The fraction of sp³-hybridized carbons (Fsp3) is 0.526. The van der Waals surface area contributed by atoms with Crippen LogP contribution in [-0.4, -0.2) is 84.2 Å². The number of methoxy groups -OCH3 is 1. The highest BCUT2D eigenvalue weighted by Gasteiger charge is 2.31. The molecule has 0 aliphatic rings. The number of aliphatic hydroxyl groups excluding tert-OH is 1. The van der Waals surface area contributed by atoms with E-state index in [2.05, 4.69) is 26.6 Å². The van der Waals surface area contributed by atoms with Crippen LogP contribution in [0, 0.1) is 11.8 Å². The zero-order valence-electron chi connectivity index (χ0n) is 31.1. The van der Waals surface area contributed by atoms with Crippen LogP contribution in [0.25, 0.3) is 0 Å². The Morgan fingerprint density at radius 1 is 0.654 bits per heavy atom. The maximum Gasteiger partial charge on any atom is 0.408 e. The standard InChI is InChI=1S/C38H55N5O9/c1-23(2)32(36(48)43-33(24(3)4)37(49)51-7)42-31(45)20-14-19-30(44)29(21-27-15-10-8-11-16-27)41-35(47)25(5)39-34(46)26(6)40-38(50)52-22-28-17-12-9-13-18-28/h8-13,15-18,23-26,29-30,32-33,44H,14,19-22H2,1-7H3,(H,39,46)(H,40,50)(H,41,47)(H,42,45)(H,43,48)/t25-,26-,29-,30-,32-,33-/m0/s1. The summed E-state index contributed by atoms with van der Waals surface area (Å²) >= 11 is 0. The summed E-state index contributed by atoms with van der Waals surface area (Å²) in [6.45, 7) is 10.1. The minimum absolute atomic E-state index is 0.00466. The molecule has 286 valence electrons. The lowest BCUT2D eigenvalue weighted by molar-refractivity contribution is -0.146. The fourth-order valence-corrected chi connectivity index (χ4v) is 5.19. The molecule has 0 unspecified atom stereocenters. The largest absolute Gasteiger partial charge is 0.467 e. The van der Waals surface area contributed by atoms with Crippen molar-refractivity contribution in [1.29, 1.82) is 0 Å². The average molecular weight is 726 g/mol. The molecule has 6 N–H and O–H groups in total. The van der Waals surface area contributed by atoms with Gasteiger partial charge in [-0.15, -0.1) is 0 Å². The maximum absolute atomic E-state index is 13.2. The third-order valence-corrected chi connectivity index (χ3v) is 8.37. The van der Waals surface area contributed by atoms with Gasteiger partial charge < -0.3 is 41.2 Å². The van der Waals surface area contributed by atoms with E-state index >= 15 is 0 Å². The van der Waals surface area contributed by atoms with Crippen molar-refractivity contribution in [3.05, 3.63) is 71.8 Å². The van der Waals surface area contributed by atoms with Crippen molar-refractivity contribution in [3.63, 3.8) is 0 Å².